The molecule has 3 aromatic rings. The maximum atomic E-state index is 12.9. The number of halogens is 1. The van der Waals surface area contributed by atoms with E-state index in [1.807, 2.05) is 0 Å². The maximum Gasteiger partial charge on any atom is 0.262 e. The van der Waals surface area contributed by atoms with Crippen LogP contribution in [0.25, 0.3) is 0 Å². The van der Waals surface area contributed by atoms with E-state index in [2.05, 4.69) is 11.8 Å². The van der Waals surface area contributed by atoms with Crippen LogP contribution in [0.4, 0.5) is 0 Å². The largest absolute Gasteiger partial charge is 0.289 e. The quantitative estimate of drug-likeness (QED) is 0.376. The van der Waals surface area contributed by atoms with E-state index in [9.17, 15) is 14.4 Å². The lowest BCUT2D eigenvalue weighted by Crippen LogP contribution is -2.30. The molecule has 0 N–H and O–H groups in total. The number of ketones is 1. The van der Waals surface area contributed by atoms with Crippen molar-refractivity contribution >= 4 is 29.2 Å². The first-order chi connectivity index (χ1) is 14.1. The third-order valence-electron chi connectivity index (χ3n) is 4.63. The SMILES string of the molecule is O=C(c1ccccc1Cl)c1ccccc1C#CCN1C(=O)c2ccccc2C1=O. The Morgan fingerprint density at radius 1 is 0.793 bits per heavy atom. The lowest BCUT2D eigenvalue weighted by molar-refractivity contribution is 0.0674. The van der Waals surface area contributed by atoms with Crippen molar-refractivity contribution in [1.29, 1.82) is 0 Å². The average Bonchev–Trinajstić information content (AvgIpc) is 2.99. The van der Waals surface area contributed by atoms with Gasteiger partial charge in [-0.1, -0.05) is 59.8 Å². The zero-order chi connectivity index (χ0) is 20.4. The number of carbonyl (C=O) groups is 3. The topological polar surface area (TPSA) is 54.5 Å². The number of benzene rings is 3. The molecule has 4 nitrogen and oxygen atoms in total. The lowest BCUT2D eigenvalue weighted by atomic mass is 9.98. The molecule has 0 aliphatic carbocycles. The summed E-state index contributed by atoms with van der Waals surface area (Å²) in [6.07, 6.45) is 0. The first kappa shape index (κ1) is 18.7. The first-order valence-corrected chi connectivity index (χ1v) is 9.28. The van der Waals surface area contributed by atoms with Crippen molar-refractivity contribution in [3.63, 3.8) is 0 Å². The summed E-state index contributed by atoms with van der Waals surface area (Å²) >= 11 is 6.15. The van der Waals surface area contributed by atoms with Crippen LogP contribution in [0, 0.1) is 11.8 Å². The monoisotopic (exact) mass is 399 g/mol. The van der Waals surface area contributed by atoms with Gasteiger partial charge in [0.05, 0.1) is 22.7 Å². The molecule has 1 aliphatic rings. The summed E-state index contributed by atoms with van der Waals surface area (Å²) in [7, 11) is 0. The summed E-state index contributed by atoms with van der Waals surface area (Å²) in [6, 6.07) is 20.4. The van der Waals surface area contributed by atoms with Crippen LogP contribution in [0.15, 0.2) is 72.8 Å². The van der Waals surface area contributed by atoms with Gasteiger partial charge in [-0.3, -0.25) is 19.3 Å². The van der Waals surface area contributed by atoms with Crippen LogP contribution in [0.1, 0.15) is 42.2 Å². The van der Waals surface area contributed by atoms with Crippen LogP contribution in [0.3, 0.4) is 0 Å². The molecule has 2 amide bonds. The fraction of sp³-hybridized carbons (Fsp3) is 0.0417. The molecule has 1 heterocycles. The summed E-state index contributed by atoms with van der Waals surface area (Å²) in [4.78, 5) is 38.8. The number of hydrogen-bond donors (Lipinski definition) is 0. The van der Waals surface area contributed by atoms with E-state index in [1.165, 1.54) is 0 Å². The zero-order valence-corrected chi connectivity index (χ0v) is 15.9. The van der Waals surface area contributed by atoms with Crippen LogP contribution in [0.5, 0.6) is 0 Å². The normalized spacial score (nSPS) is 12.4. The van der Waals surface area contributed by atoms with Crippen LogP contribution in [-0.2, 0) is 0 Å². The second-order valence-electron chi connectivity index (χ2n) is 6.40. The predicted octanol–water partition coefficient (Wildman–Crippen LogP) is 4.22. The molecule has 5 heteroatoms. The highest BCUT2D eigenvalue weighted by Crippen LogP contribution is 2.22. The minimum Gasteiger partial charge on any atom is -0.289 e. The maximum absolute atomic E-state index is 12.9. The summed E-state index contributed by atoms with van der Waals surface area (Å²) in [5.41, 5.74) is 2.08. The zero-order valence-electron chi connectivity index (χ0n) is 15.2. The van der Waals surface area contributed by atoms with Crippen molar-refractivity contribution in [2.45, 2.75) is 0 Å². The van der Waals surface area contributed by atoms with Crippen LogP contribution in [0.2, 0.25) is 5.02 Å². The number of nitrogens with zero attached hydrogens (tertiary/aromatic N) is 1. The number of imide groups is 1. The smallest absolute Gasteiger partial charge is 0.262 e. The summed E-state index contributed by atoms with van der Waals surface area (Å²) in [5.74, 6) is 4.81. The molecule has 0 bridgehead atoms. The summed E-state index contributed by atoms with van der Waals surface area (Å²) < 4.78 is 0. The summed E-state index contributed by atoms with van der Waals surface area (Å²) in [6.45, 7) is -0.0546. The first-order valence-electron chi connectivity index (χ1n) is 8.90. The van der Waals surface area contributed by atoms with Crippen molar-refractivity contribution in [3.8, 4) is 11.8 Å². The van der Waals surface area contributed by atoms with Crippen molar-refractivity contribution < 1.29 is 14.4 Å². The van der Waals surface area contributed by atoms with Gasteiger partial charge in [0.25, 0.3) is 11.8 Å². The minimum atomic E-state index is -0.361. The third kappa shape index (κ3) is 3.44. The van der Waals surface area contributed by atoms with E-state index in [0.29, 0.717) is 32.8 Å². The van der Waals surface area contributed by atoms with Crippen LogP contribution >= 0.6 is 11.6 Å². The molecule has 140 valence electrons. The highest BCUT2D eigenvalue weighted by Gasteiger charge is 2.34. The highest BCUT2D eigenvalue weighted by molar-refractivity contribution is 6.35. The molecule has 4 rings (SSSR count). The fourth-order valence-electron chi connectivity index (χ4n) is 3.18. The molecule has 0 radical (unpaired) electrons. The molecule has 0 atom stereocenters. The molecule has 0 unspecified atom stereocenters. The molecule has 1 aliphatic heterocycles. The minimum absolute atomic E-state index is 0.0546. The number of amides is 2. The van der Waals surface area contributed by atoms with E-state index in [1.54, 1.807) is 72.8 Å². The van der Waals surface area contributed by atoms with Gasteiger partial charge in [0.2, 0.25) is 0 Å². The number of hydrogen-bond acceptors (Lipinski definition) is 3. The van der Waals surface area contributed by atoms with Crippen LogP contribution < -0.4 is 0 Å². The number of rotatable bonds is 3. The molecule has 29 heavy (non-hydrogen) atoms. The van der Waals surface area contributed by atoms with E-state index >= 15 is 0 Å². The fourth-order valence-corrected chi connectivity index (χ4v) is 3.40. The molecular formula is C24H14ClNO3. The van der Waals surface area contributed by atoms with Gasteiger partial charge in [-0.2, -0.15) is 0 Å². The lowest BCUT2D eigenvalue weighted by Gasteiger charge is -2.09. The van der Waals surface area contributed by atoms with Crippen molar-refractivity contribution in [2.75, 3.05) is 6.54 Å². The Morgan fingerprint density at radius 2 is 1.34 bits per heavy atom. The van der Waals surface area contributed by atoms with Gasteiger partial charge in [-0.25, -0.2) is 0 Å². The Morgan fingerprint density at radius 3 is 2.00 bits per heavy atom. The van der Waals surface area contributed by atoms with Gasteiger partial charge in [-0.05, 0) is 36.4 Å². The van der Waals surface area contributed by atoms with Crippen molar-refractivity contribution in [3.05, 3.63) is 106 Å². The highest BCUT2D eigenvalue weighted by atomic mass is 35.5. The Hall–Kier alpha value is -3.68. The van der Waals surface area contributed by atoms with E-state index in [-0.39, 0.29) is 24.1 Å². The Kier molecular flexibility index (Phi) is 4.99. The molecule has 0 saturated heterocycles. The van der Waals surface area contributed by atoms with Crippen LogP contribution in [-0.4, -0.2) is 29.0 Å². The predicted molar refractivity (Wildman–Crippen MR) is 110 cm³/mol. The van der Waals surface area contributed by atoms with Crippen molar-refractivity contribution in [1.82, 2.24) is 4.90 Å². The van der Waals surface area contributed by atoms with Crippen molar-refractivity contribution in [2.24, 2.45) is 0 Å². The van der Waals surface area contributed by atoms with E-state index in [4.69, 9.17) is 11.6 Å². The third-order valence-corrected chi connectivity index (χ3v) is 4.96. The Labute approximate surface area is 172 Å². The van der Waals surface area contributed by atoms with Gasteiger partial charge in [-0.15, -0.1) is 0 Å². The Bertz CT molecular complexity index is 1180. The number of carbonyl (C=O) groups excluding carboxylic acids is 3. The molecule has 3 aromatic carbocycles. The standard InChI is InChI=1S/C24H14ClNO3/c25-21-14-6-5-13-20(21)22(27)17-10-2-1-8-16(17)9-7-15-26-23(28)18-11-3-4-12-19(18)24(26)29/h1-6,8,10-14H,15H2. The van der Waals surface area contributed by atoms with E-state index < -0.39 is 0 Å². The molecule has 0 saturated carbocycles. The second kappa shape index (κ2) is 7.75. The van der Waals surface area contributed by atoms with Gasteiger partial charge in [0.1, 0.15) is 0 Å². The summed E-state index contributed by atoms with van der Waals surface area (Å²) in [5, 5.41) is 0.367. The molecule has 0 spiro atoms. The van der Waals surface area contributed by atoms with Gasteiger partial charge < -0.3 is 0 Å². The average molecular weight is 400 g/mol. The molecule has 0 fully saturated rings. The van der Waals surface area contributed by atoms with E-state index in [0.717, 1.165) is 4.90 Å². The molecule has 0 aromatic heterocycles. The van der Waals surface area contributed by atoms with Gasteiger partial charge >= 0.3 is 0 Å². The number of fused-ring (bicyclic) bond motifs is 1. The van der Waals surface area contributed by atoms with Gasteiger partial charge in [0, 0.05) is 16.7 Å². The van der Waals surface area contributed by atoms with Gasteiger partial charge in [0.15, 0.2) is 5.78 Å². The Balaban J connectivity index is 1.59. The molecular weight excluding hydrogens is 386 g/mol. The second-order valence-corrected chi connectivity index (χ2v) is 6.81.